The summed E-state index contributed by atoms with van der Waals surface area (Å²) in [5.41, 5.74) is 6.16. The van der Waals surface area contributed by atoms with Crippen molar-refractivity contribution < 1.29 is 19.7 Å². The van der Waals surface area contributed by atoms with Crippen molar-refractivity contribution in [3.8, 4) is 5.75 Å². The van der Waals surface area contributed by atoms with Gasteiger partial charge in [0.1, 0.15) is 11.9 Å². The van der Waals surface area contributed by atoms with E-state index in [1.807, 2.05) is 0 Å². The topological polar surface area (TPSA) is 84.9 Å². The van der Waals surface area contributed by atoms with E-state index < -0.39 is 23.9 Å². The van der Waals surface area contributed by atoms with Gasteiger partial charge in [-0.15, -0.1) is 11.6 Å². The van der Waals surface area contributed by atoms with Crippen LogP contribution in [0.15, 0.2) is 24.3 Å². The molecule has 1 aliphatic heterocycles. The van der Waals surface area contributed by atoms with Gasteiger partial charge in [0.05, 0.1) is 18.1 Å². The summed E-state index contributed by atoms with van der Waals surface area (Å²) in [6.45, 7) is 0.0326. The summed E-state index contributed by atoms with van der Waals surface area (Å²) in [5, 5.41) is 18.3. The Morgan fingerprint density at radius 2 is 1.94 bits per heavy atom. The number of anilines is 1. The minimum atomic E-state index is -1.09. The zero-order valence-corrected chi connectivity index (χ0v) is 9.75. The standard InChI is InChI=1S/C11H14ClNO4/c12-9-8(14)5-16-11(10(9)15)17-7-3-1-6(13)2-4-7/h1-4,8-11,14-15H,5,13H2/t8-,9+,10+,11-/m1/s1. The van der Waals surface area contributed by atoms with E-state index in [4.69, 9.17) is 26.8 Å². The average molecular weight is 260 g/mol. The molecule has 0 spiro atoms. The molecule has 0 aromatic heterocycles. The lowest BCUT2D eigenvalue weighted by atomic mass is 10.1. The second kappa shape index (κ2) is 5.10. The maximum atomic E-state index is 9.76. The average Bonchev–Trinajstić information content (AvgIpc) is 2.33. The summed E-state index contributed by atoms with van der Waals surface area (Å²) in [5.74, 6) is 0.517. The Balaban J connectivity index is 2.01. The van der Waals surface area contributed by atoms with Crippen LogP contribution in [0.1, 0.15) is 0 Å². The molecule has 4 atom stereocenters. The third-order valence-corrected chi connectivity index (χ3v) is 3.09. The molecule has 1 saturated heterocycles. The molecule has 0 amide bonds. The smallest absolute Gasteiger partial charge is 0.227 e. The Kier molecular flexibility index (Phi) is 3.73. The maximum Gasteiger partial charge on any atom is 0.227 e. The van der Waals surface area contributed by atoms with E-state index in [9.17, 15) is 10.2 Å². The number of benzene rings is 1. The molecule has 1 heterocycles. The zero-order valence-electron chi connectivity index (χ0n) is 8.99. The minimum absolute atomic E-state index is 0.0326. The van der Waals surface area contributed by atoms with Crippen molar-refractivity contribution in [1.29, 1.82) is 0 Å². The second-order valence-electron chi connectivity index (χ2n) is 3.89. The SMILES string of the molecule is Nc1ccc(O[C@H]2OC[C@@H](O)[C@H](Cl)[C@@H]2O)cc1. The van der Waals surface area contributed by atoms with E-state index in [1.54, 1.807) is 24.3 Å². The monoisotopic (exact) mass is 259 g/mol. The van der Waals surface area contributed by atoms with Gasteiger partial charge in [0.15, 0.2) is 0 Å². The van der Waals surface area contributed by atoms with Gasteiger partial charge in [-0.05, 0) is 24.3 Å². The van der Waals surface area contributed by atoms with E-state index in [0.717, 1.165) is 0 Å². The van der Waals surface area contributed by atoms with Gasteiger partial charge in [-0.2, -0.15) is 0 Å². The van der Waals surface area contributed by atoms with Crippen LogP contribution in [-0.2, 0) is 4.74 Å². The van der Waals surface area contributed by atoms with Gasteiger partial charge in [0, 0.05) is 5.69 Å². The molecular formula is C11H14ClNO4. The summed E-state index contributed by atoms with van der Waals surface area (Å²) in [6, 6.07) is 6.69. The van der Waals surface area contributed by atoms with E-state index in [0.29, 0.717) is 11.4 Å². The van der Waals surface area contributed by atoms with Crippen molar-refractivity contribution in [2.45, 2.75) is 23.9 Å². The molecule has 1 aromatic rings. The van der Waals surface area contributed by atoms with Crippen molar-refractivity contribution in [1.82, 2.24) is 0 Å². The predicted octanol–water partition coefficient (Wildman–Crippen LogP) is 0.333. The predicted molar refractivity (Wildman–Crippen MR) is 62.9 cm³/mol. The van der Waals surface area contributed by atoms with Gasteiger partial charge < -0.3 is 25.4 Å². The molecule has 0 aliphatic carbocycles. The van der Waals surface area contributed by atoms with Crippen LogP contribution in [0.25, 0.3) is 0 Å². The minimum Gasteiger partial charge on any atom is -0.462 e. The molecule has 4 N–H and O–H groups in total. The number of nitrogens with two attached hydrogens (primary N) is 1. The number of rotatable bonds is 2. The number of hydrogen-bond donors (Lipinski definition) is 3. The van der Waals surface area contributed by atoms with Crippen LogP contribution in [0.4, 0.5) is 5.69 Å². The Morgan fingerprint density at radius 3 is 2.59 bits per heavy atom. The fraction of sp³-hybridized carbons (Fsp3) is 0.455. The maximum absolute atomic E-state index is 9.76. The van der Waals surface area contributed by atoms with Gasteiger partial charge in [-0.3, -0.25) is 0 Å². The van der Waals surface area contributed by atoms with Crippen molar-refractivity contribution >= 4 is 17.3 Å². The Hall–Kier alpha value is -1.01. The van der Waals surface area contributed by atoms with Crippen molar-refractivity contribution in [3.63, 3.8) is 0 Å². The van der Waals surface area contributed by atoms with Crippen LogP contribution in [-0.4, -0.2) is 40.7 Å². The molecule has 1 aliphatic rings. The summed E-state index contributed by atoms with van der Waals surface area (Å²) in [6.07, 6.45) is -2.86. The number of hydrogen-bond acceptors (Lipinski definition) is 5. The third-order valence-electron chi connectivity index (χ3n) is 2.54. The van der Waals surface area contributed by atoms with Crippen LogP contribution in [0.3, 0.4) is 0 Å². The lowest BCUT2D eigenvalue weighted by Crippen LogP contribution is -2.52. The molecule has 2 rings (SSSR count). The van der Waals surface area contributed by atoms with Crippen LogP contribution >= 0.6 is 11.6 Å². The van der Waals surface area contributed by atoms with Gasteiger partial charge >= 0.3 is 0 Å². The van der Waals surface area contributed by atoms with Crippen LogP contribution < -0.4 is 10.5 Å². The highest BCUT2D eigenvalue weighted by atomic mass is 35.5. The first-order valence-electron chi connectivity index (χ1n) is 5.22. The lowest BCUT2D eigenvalue weighted by Gasteiger charge is -2.34. The van der Waals surface area contributed by atoms with Crippen molar-refractivity contribution in [3.05, 3.63) is 24.3 Å². The van der Waals surface area contributed by atoms with Gasteiger partial charge in [-0.1, -0.05) is 0 Å². The van der Waals surface area contributed by atoms with E-state index in [1.165, 1.54) is 0 Å². The Morgan fingerprint density at radius 1 is 1.29 bits per heavy atom. The van der Waals surface area contributed by atoms with Crippen LogP contribution in [0, 0.1) is 0 Å². The summed E-state index contributed by atoms with van der Waals surface area (Å²) in [7, 11) is 0. The highest BCUT2D eigenvalue weighted by Gasteiger charge is 2.38. The fourth-order valence-corrected chi connectivity index (χ4v) is 1.74. The summed E-state index contributed by atoms with van der Waals surface area (Å²) in [4.78, 5) is 0. The number of ether oxygens (including phenoxy) is 2. The number of halogens is 1. The van der Waals surface area contributed by atoms with E-state index >= 15 is 0 Å². The first-order chi connectivity index (χ1) is 8.08. The van der Waals surface area contributed by atoms with Crippen molar-refractivity contribution in [2.24, 2.45) is 0 Å². The summed E-state index contributed by atoms with van der Waals surface area (Å²) >= 11 is 5.82. The molecule has 0 radical (unpaired) electrons. The third kappa shape index (κ3) is 2.81. The largest absolute Gasteiger partial charge is 0.462 e. The molecule has 5 nitrogen and oxygen atoms in total. The summed E-state index contributed by atoms with van der Waals surface area (Å²) < 4.78 is 10.6. The first-order valence-corrected chi connectivity index (χ1v) is 5.65. The quantitative estimate of drug-likeness (QED) is 0.527. The molecule has 0 saturated carbocycles. The van der Waals surface area contributed by atoms with Gasteiger partial charge in [0.2, 0.25) is 6.29 Å². The molecular weight excluding hydrogens is 246 g/mol. The molecule has 1 fully saturated rings. The van der Waals surface area contributed by atoms with Crippen LogP contribution in [0.2, 0.25) is 0 Å². The molecule has 17 heavy (non-hydrogen) atoms. The van der Waals surface area contributed by atoms with Crippen molar-refractivity contribution in [2.75, 3.05) is 12.3 Å². The van der Waals surface area contributed by atoms with E-state index in [2.05, 4.69) is 0 Å². The number of aliphatic hydroxyl groups is 2. The number of aliphatic hydroxyl groups excluding tert-OH is 2. The van der Waals surface area contributed by atoms with Crippen LogP contribution in [0.5, 0.6) is 5.75 Å². The molecule has 0 bridgehead atoms. The first kappa shape index (κ1) is 12.4. The molecule has 0 unspecified atom stereocenters. The highest BCUT2D eigenvalue weighted by Crippen LogP contribution is 2.23. The number of alkyl halides is 1. The normalized spacial score (nSPS) is 33.4. The zero-order chi connectivity index (χ0) is 12.4. The Bertz CT molecular complexity index is 372. The lowest BCUT2D eigenvalue weighted by molar-refractivity contribution is -0.196. The number of nitrogen functional groups attached to an aromatic ring is 1. The molecule has 6 heteroatoms. The molecule has 94 valence electrons. The highest BCUT2D eigenvalue weighted by molar-refractivity contribution is 6.21. The molecule has 1 aromatic carbocycles. The van der Waals surface area contributed by atoms with Gasteiger partial charge in [0.25, 0.3) is 0 Å². The van der Waals surface area contributed by atoms with Gasteiger partial charge in [-0.25, -0.2) is 0 Å². The fourth-order valence-electron chi connectivity index (χ4n) is 1.55. The Labute approximate surface area is 104 Å². The second-order valence-corrected chi connectivity index (χ2v) is 4.39. The van der Waals surface area contributed by atoms with E-state index in [-0.39, 0.29) is 6.61 Å².